The Hall–Kier alpha value is -4.95. The van der Waals surface area contributed by atoms with Crippen molar-refractivity contribution in [1.29, 1.82) is 0 Å². The number of likely N-dealkylation sites (N-methyl/N-ethyl adjacent to an activating group) is 1. The molecule has 4 heterocycles. The van der Waals surface area contributed by atoms with E-state index >= 15 is 8.78 Å². The Morgan fingerprint density at radius 2 is 1.67 bits per heavy atom. The number of pyridine rings is 1. The van der Waals surface area contributed by atoms with E-state index in [1.807, 2.05) is 11.9 Å². The first-order valence-corrected chi connectivity index (χ1v) is 20.3. The molecule has 3 aliphatic rings. The van der Waals surface area contributed by atoms with Crippen molar-refractivity contribution in [3.8, 4) is 11.1 Å². The van der Waals surface area contributed by atoms with E-state index in [2.05, 4.69) is 25.1 Å². The molecule has 0 bridgehead atoms. The Balaban J connectivity index is 1.27. The van der Waals surface area contributed by atoms with Crippen molar-refractivity contribution in [2.24, 2.45) is 13.0 Å². The minimum atomic E-state index is -5.06. The maximum atomic E-state index is 15.4. The van der Waals surface area contributed by atoms with Gasteiger partial charge in [0.25, 0.3) is 5.92 Å². The number of carbonyl (C=O) groups excluding carboxylic acids is 1. The van der Waals surface area contributed by atoms with Crippen LogP contribution in [0.3, 0.4) is 0 Å². The van der Waals surface area contributed by atoms with E-state index in [9.17, 15) is 35.2 Å². The predicted octanol–water partition coefficient (Wildman–Crippen LogP) is 6.21. The highest BCUT2D eigenvalue weighted by atomic mass is 35.5. The maximum Gasteiger partial charge on any atom is 0.435 e. The first-order valence-electron chi connectivity index (χ1n) is 18.1. The minimum Gasteiger partial charge on any atom is -0.354 e. The van der Waals surface area contributed by atoms with Crippen LogP contribution in [0.15, 0.2) is 42.5 Å². The molecule has 21 heteroatoms. The number of aryl methyl sites for hydroxylation is 1. The number of amides is 1. The van der Waals surface area contributed by atoms with Crippen molar-refractivity contribution in [2.45, 2.75) is 43.4 Å². The number of carbonyl (C=O) groups is 1. The van der Waals surface area contributed by atoms with Gasteiger partial charge in [-0.2, -0.15) is 32.1 Å². The highest BCUT2D eigenvalue weighted by molar-refractivity contribution is 7.92. The number of nitrogens with one attached hydrogen (secondary N) is 2. The third-order valence-corrected chi connectivity index (χ3v) is 11.6. The lowest BCUT2D eigenvalue weighted by Gasteiger charge is -2.34. The second kappa shape index (κ2) is 14.1. The van der Waals surface area contributed by atoms with E-state index in [0.717, 1.165) is 18.4 Å². The fourth-order valence-corrected chi connectivity index (χ4v) is 8.90. The number of sulfonamides is 1. The number of rotatable bonds is 10. The third-order valence-electron chi connectivity index (χ3n) is 10.8. The normalized spacial score (nSPS) is 19.6. The van der Waals surface area contributed by atoms with E-state index in [-0.39, 0.29) is 40.3 Å². The number of nitrogens with zero attached hydrogens (tertiary/aromatic N) is 7. The number of anilines is 2. The van der Waals surface area contributed by atoms with Gasteiger partial charge in [0, 0.05) is 61.9 Å². The molecule has 3 aromatic heterocycles. The number of piperazine rings is 1. The molecule has 2 aliphatic carbocycles. The van der Waals surface area contributed by atoms with Gasteiger partial charge in [-0.15, -0.1) is 0 Å². The van der Waals surface area contributed by atoms with Gasteiger partial charge in [0.2, 0.25) is 15.9 Å². The number of aromatic nitrogens is 5. The van der Waals surface area contributed by atoms with Crippen molar-refractivity contribution in [3.63, 3.8) is 0 Å². The molecule has 0 unspecified atom stereocenters. The molecule has 1 amide bonds. The van der Waals surface area contributed by atoms with Crippen LogP contribution in [0.4, 0.5) is 42.4 Å². The summed E-state index contributed by atoms with van der Waals surface area (Å²) in [5.74, 6) is -8.51. The van der Waals surface area contributed by atoms with Gasteiger partial charge in [-0.1, -0.05) is 17.7 Å². The van der Waals surface area contributed by atoms with Crippen LogP contribution in [0.1, 0.15) is 46.6 Å². The van der Waals surface area contributed by atoms with Crippen molar-refractivity contribution >= 4 is 50.1 Å². The smallest absolute Gasteiger partial charge is 0.354 e. The van der Waals surface area contributed by atoms with Crippen LogP contribution in [0.25, 0.3) is 22.0 Å². The molecule has 2 fully saturated rings. The number of alkyl halides is 5. The molecule has 308 valence electrons. The molecule has 12 nitrogen and oxygen atoms in total. The molecular weight excluding hydrogens is 819 g/mol. The summed E-state index contributed by atoms with van der Waals surface area (Å²) >= 11 is 6.61. The second-order valence-corrected chi connectivity index (χ2v) is 17.2. The Morgan fingerprint density at radius 3 is 2.33 bits per heavy atom. The van der Waals surface area contributed by atoms with Crippen molar-refractivity contribution in [1.82, 2.24) is 34.8 Å². The molecule has 5 aromatic rings. The first-order chi connectivity index (χ1) is 27.2. The number of hydrogen-bond acceptors (Lipinski definition) is 8. The summed E-state index contributed by atoms with van der Waals surface area (Å²) in [7, 11) is -0.315. The molecule has 8 rings (SSSR count). The SMILES string of the molecule is CN1CCN(c2ccc(-c3ccc(Cl)c4c(NS(C)(=O)=O)nn(C)c34)c([C@H](Cc3cc(F)cc(F)c3)NC(=O)Cn3nc(C(F)(F)F)c4c3C(F)(F)[C@@H]3C[C@H]43)n2)CC1. The largest absolute Gasteiger partial charge is 0.435 e. The van der Waals surface area contributed by atoms with Gasteiger partial charge in [-0.3, -0.25) is 18.9 Å². The fraction of sp³-hybridized carbons (Fsp3) is 0.405. The van der Waals surface area contributed by atoms with Crippen LogP contribution in [0.2, 0.25) is 5.02 Å². The molecule has 2 N–H and O–H groups in total. The molecule has 1 aliphatic heterocycles. The van der Waals surface area contributed by atoms with Gasteiger partial charge in [0.15, 0.2) is 11.5 Å². The van der Waals surface area contributed by atoms with Gasteiger partial charge < -0.3 is 15.1 Å². The lowest BCUT2D eigenvalue weighted by Crippen LogP contribution is -2.45. The van der Waals surface area contributed by atoms with Gasteiger partial charge in [-0.25, -0.2) is 22.2 Å². The van der Waals surface area contributed by atoms with Crippen molar-refractivity contribution < 1.29 is 43.9 Å². The average molecular weight is 854 g/mol. The molecular formula is C37H35ClF7N9O3S. The fourth-order valence-electron chi connectivity index (χ4n) is 8.16. The van der Waals surface area contributed by atoms with Gasteiger partial charge in [0.05, 0.1) is 33.9 Å². The van der Waals surface area contributed by atoms with E-state index in [0.29, 0.717) is 59.4 Å². The van der Waals surface area contributed by atoms with Gasteiger partial charge in [-0.05, 0) is 61.7 Å². The Labute approximate surface area is 332 Å². The van der Waals surface area contributed by atoms with Gasteiger partial charge in [0.1, 0.15) is 29.7 Å². The highest BCUT2D eigenvalue weighted by Crippen LogP contribution is 2.68. The van der Waals surface area contributed by atoms with Crippen LogP contribution in [-0.4, -0.2) is 83.3 Å². The zero-order valence-corrected chi connectivity index (χ0v) is 32.6. The Morgan fingerprint density at radius 1 is 1.00 bits per heavy atom. The molecule has 58 heavy (non-hydrogen) atoms. The average Bonchev–Trinajstić information content (AvgIpc) is 3.66. The topological polar surface area (TPSA) is 130 Å². The van der Waals surface area contributed by atoms with Crippen LogP contribution in [0.5, 0.6) is 0 Å². The lowest BCUT2D eigenvalue weighted by molar-refractivity contribution is -0.142. The monoisotopic (exact) mass is 853 g/mol. The molecule has 1 saturated heterocycles. The summed E-state index contributed by atoms with van der Waals surface area (Å²) in [4.78, 5) is 23.1. The van der Waals surface area contributed by atoms with E-state index in [1.165, 1.54) is 10.7 Å². The molecule has 2 aromatic carbocycles. The number of benzene rings is 2. The third kappa shape index (κ3) is 7.33. The highest BCUT2D eigenvalue weighted by Gasteiger charge is 2.68. The number of hydrogen-bond donors (Lipinski definition) is 2. The van der Waals surface area contributed by atoms with E-state index in [1.54, 1.807) is 25.2 Å². The van der Waals surface area contributed by atoms with Crippen molar-refractivity contribution in [2.75, 3.05) is 49.1 Å². The van der Waals surface area contributed by atoms with E-state index < -0.39 is 81.0 Å². The van der Waals surface area contributed by atoms with Crippen LogP contribution in [0, 0.1) is 17.6 Å². The lowest BCUT2D eigenvalue weighted by atomic mass is 9.94. The number of fused-ring (bicyclic) bond motifs is 4. The zero-order valence-electron chi connectivity index (χ0n) is 31.0. The summed E-state index contributed by atoms with van der Waals surface area (Å²) in [6.45, 7) is 1.45. The summed E-state index contributed by atoms with van der Waals surface area (Å²) in [6, 6.07) is 8.00. The quantitative estimate of drug-likeness (QED) is 0.159. The van der Waals surface area contributed by atoms with E-state index in [4.69, 9.17) is 16.6 Å². The minimum absolute atomic E-state index is 0.0629. The number of halogens is 8. The molecule has 0 spiro atoms. The summed E-state index contributed by atoms with van der Waals surface area (Å²) in [6.07, 6.45) is -4.57. The summed E-state index contributed by atoms with van der Waals surface area (Å²) in [5, 5.41) is 10.9. The van der Waals surface area contributed by atoms with Crippen molar-refractivity contribution in [3.05, 3.63) is 87.3 Å². The Kier molecular flexibility index (Phi) is 9.70. The van der Waals surface area contributed by atoms with Crippen LogP contribution in [-0.2, 0) is 46.9 Å². The maximum absolute atomic E-state index is 15.4. The first kappa shape index (κ1) is 39.9. The van der Waals surface area contributed by atoms with Crippen LogP contribution < -0.4 is 14.9 Å². The van der Waals surface area contributed by atoms with Crippen LogP contribution >= 0.6 is 11.6 Å². The molecule has 0 radical (unpaired) electrons. The Bertz CT molecular complexity index is 2570. The summed E-state index contributed by atoms with van der Waals surface area (Å²) < 4.78 is 131. The second-order valence-electron chi connectivity index (χ2n) is 15.0. The molecule has 3 atom stereocenters. The summed E-state index contributed by atoms with van der Waals surface area (Å²) in [5.41, 5.74) is -1.79. The zero-order chi connectivity index (χ0) is 41.6. The predicted molar refractivity (Wildman–Crippen MR) is 200 cm³/mol. The van der Waals surface area contributed by atoms with Gasteiger partial charge >= 0.3 is 6.18 Å². The molecule has 1 saturated carbocycles. The standard InChI is InChI=1S/C37H35ClF7N9O3S/c1-51-8-10-53(11-9-51)27-7-5-21(22-4-6-25(38)30-32(22)52(2)49-35(30)50-58(3,56)57)31(47-27)26(14-18-12-19(39)15-20(40)13-18)46-28(55)17-54-34-29(33(48-54)37(43,44)45)23-16-24(23)36(34,41)42/h4-7,12-13,15,23-24,26H,8-11,14,16-17H2,1-3H3,(H,46,55)(H,49,50)/t23-,24+,26-/m0/s1.